The molecule has 0 aliphatic heterocycles. The first kappa shape index (κ1) is 27.1. The smallest absolute Gasteiger partial charge is 0.237 e. The third-order valence-electron chi connectivity index (χ3n) is 6.46. The summed E-state index contributed by atoms with van der Waals surface area (Å²) in [5, 5.41) is 6.46. The molecular formula is C23H46N2O3. The van der Waals surface area contributed by atoms with E-state index in [2.05, 4.69) is 52.2 Å². The number of nitrogens with one attached hydrogen (secondary N) is 2. The summed E-state index contributed by atoms with van der Waals surface area (Å²) in [7, 11) is 0. The van der Waals surface area contributed by atoms with E-state index in [1.54, 1.807) is 6.92 Å². The van der Waals surface area contributed by atoms with Gasteiger partial charge in [0.2, 0.25) is 5.91 Å². The first-order chi connectivity index (χ1) is 12.9. The average Bonchev–Trinajstić information content (AvgIpc) is 2.65. The quantitative estimate of drug-likeness (QED) is 0.422. The van der Waals surface area contributed by atoms with Gasteiger partial charge in [-0.25, -0.2) is 0 Å². The highest BCUT2D eigenvalue weighted by atomic mass is 16.5. The second kappa shape index (κ2) is 11.9. The van der Waals surface area contributed by atoms with Crippen LogP contribution in [0.1, 0.15) is 101 Å². The highest BCUT2D eigenvalue weighted by Gasteiger charge is 2.33. The Kier molecular flexibility index (Phi) is 11.5. The van der Waals surface area contributed by atoms with Crippen molar-refractivity contribution in [1.29, 1.82) is 0 Å². The zero-order valence-corrected chi connectivity index (χ0v) is 20.0. The topological polar surface area (TPSA) is 67.4 Å². The van der Waals surface area contributed by atoms with Crippen molar-refractivity contribution < 1.29 is 14.3 Å². The molecule has 0 bridgehead atoms. The van der Waals surface area contributed by atoms with Gasteiger partial charge in [0, 0.05) is 13.2 Å². The molecule has 0 saturated heterocycles. The van der Waals surface area contributed by atoms with Crippen molar-refractivity contribution >= 4 is 11.7 Å². The number of rotatable bonds is 15. The molecule has 0 heterocycles. The maximum atomic E-state index is 12.9. The van der Waals surface area contributed by atoms with Crippen LogP contribution in [-0.2, 0) is 14.3 Å². The van der Waals surface area contributed by atoms with E-state index in [4.69, 9.17) is 4.74 Å². The van der Waals surface area contributed by atoms with Crippen molar-refractivity contribution in [2.24, 2.45) is 5.41 Å². The molecule has 3 atom stereocenters. The van der Waals surface area contributed by atoms with E-state index in [0.29, 0.717) is 26.0 Å². The van der Waals surface area contributed by atoms with E-state index < -0.39 is 5.54 Å². The minimum absolute atomic E-state index is 0.00905. The molecule has 0 aromatic heterocycles. The number of carbonyl (C=O) groups is 2. The fourth-order valence-electron chi connectivity index (χ4n) is 2.88. The third-order valence-corrected chi connectivity index (χ3v) is 6.46. The Bertz CT molecular complexity index is 492. The molecular weight excluding hydrogens is 352 g/mol. The van der Waals surface area contributed by atoms with Crippen molar-refractivity contribution in [3.63, 3.8) is 0 Å². The molecule has 0 saturated carbocycles. The largest absolute Gasteiger partial charge is 0.376 e. The molecule has 1 amide bonds. The summed E-state index contributed by atoms with van der Waals surface area (Å²) in [4.78, 5) is 24.9. The van der Waals surface area contributed by atoms with Crippen molar-refractivity contribution in [3.8, 4) is 0 Å². The lowest BCUT2D eigenvalue weighted by molar-refractivity contribution is -0.127. The van der Waals surface area contributed by atoms with Crippen LogP contribution < -0.4 is 10.6 Å². The average molecular weight is 399 g/mol. The predicted octanol–water partition coefficient (Wildman–Crippen LogP) is 4.63. The summed E-state index contributed by atoms with van der Waals surface area (Å²) in [6.45, 7) is 19.5. The normalized spacial score (nSPS) is 17.5. The second-order valence-corrected chi connectivity index (χ2v) is 9.32. The van der Waals surface area contributed by atoms with Crippen molar-refractivity contribution in [2.45, 2.75) is 118 Å². The SMILES string of the molecule is CCCC(NC(C)(CC)C(C)=O)C(=O)NCC(C)(CC)CCOC(C)(C)CC. The van der Waals surface area contributed by atoms with Gasteiger partial charge < -0.3 is 10.1 Å². The molecule has 0 fully saturated rings. The molecule has 0 aromatic rings. The van der Waals surface area contributed by atoms with Gasteiger partial charge in [0.15, 0.2) is 0 Å². The summed E-state index contributed by atoms with van der Waals surface area (Å²) in [5.41, 5.74) is -0.777. The Balaban J connectivity index is 4.89. The second-order valence-electron chi connectivity index (χ2n) is 9.32. The molecule has 2 N–H and O–H groups in total. The lowest BCUT2D eigenvalue weighted by Gasteiger charge is -2.34. The highest BCUT2D eigenvalue weighted by molar-refractivity contribution is 5.88. The van der Waals surface area contributed by atoms with Crippen LogP contribution in [0.3, 0.4) is 0 Å². The van der Waals surface area contributed by atoms with E-state index in [0.717, 1.165) is 25.7 Å². The fraction of sp³-hybridized carbons (Fsp3) is 0.913. The van der Waals surface area contributed by atoms with E-state index in [1.165, 1.54) is 0 Å². The third kappa shape index (κ3) is 9.04. The molecule has 0 radical (unpaired) electrons. The van der Waals surface area contributed by atoms with E-state index in [-0.39, 0.29) is 28.7 Å². The molecule has 0 aromatic carbocycles. The van der Waals surface area contributed by atoms with Gasteiger partial charge in [-0.15, -0.1) is 0 Å². The first-order valence-electron chi connectivity index (χ1n) is 11.1. The van der Waals surface area contributed by atoms with Gasteiger partial charge in [-0.1, -0.05) is 41.0 Å². The standard InChI is InChI=1S/C23H46N2O3/c1-10-14-19(25-23(9,13-4)18(5)26)20(27)24-17-22(8,12-3)15-16-28-21(6,7)11-2/h19,25H,10-17H2,1-9H3,(H,24,27). The van der Waals surface area contributed by atoms with E-state index in [9.17, 15) is 9.59 Å². The summed E-state index contributed by atoms with van der Waals surface area (Å²) in [6.07, 6.45) is 5.10. The minimum Gasteiger partial charge on any atom is -0.376 e. The number of Topliss-reactive ketones (excluding diaryl/α,β-unsaturated/α-hetero) is 1. The molecule has 0 spiro atoms. The maximum absolute atomic E-state index is 12.9. The van der Waals surface area contributed by atoms with Crippen molar-refractivity contribution in [2.75, 3.05) is 13.2 Å². The van der Waals surface area contributed by atoms with Gasteiger partial charge in [0.25, 0.3) is 0 Å². The van der Waals surface area contributed by atoms with Crippen LogP contribution in [0.5, 0.6) is 0 Å². The molecule has 0 aliphatic carbocycles. The van der Waals surface area contributed by atoms with E-state index in [1.807, 2.05) is 13.8 Å². The molecule has 166 valence electrons. The molecule has 5 nitrogen and oxygen atoms in total. The number of carbonyl (C=O) groups excluding carboxylic acids is 2. The summed E-state index contributed by atoms with van der Waals surface area (Å²) in [6, 6.07) is -0.352. The van der Waals surface area contributed by atoms with Crippen LogP contribution in [0.15, 0.2) is 0 Å². The number of amides is 1. The Labute approximate surface area is 173 Å². The van der Waals surface area contributed by atoms with Crippen LogP contribution >= 0.6 is 0 Å². The molecule has 0 aliphatic rings. The highest BCUT2D eigenvalue weighted by Crippen LogP contribution is 2.26. The van der Waals surface area contributed by atoms with Crippen molar-refractivity contribution in [3.05, 3.63) is 0 Å². The number of hydrogen-bond donors (Lipinski definition) is 2. The Morgan fingerprint density at radius 3 is 2.00 bits per heavy atom. The van der Waals surface area contributed by atoms with Gasteiger partial charge in [0.05, 0.1) is 17.2 Å². The molecule has 3 unspecified atom stereocenters. The van der Waals surface area contributed by atoms with Crippen molar-refractivity contribution in [1.82, 2.24) is 10.6 Å². The Hall–Kier alpha value is -0.940. The van der Waals surface area contributed by atoms with Gasteiger partial charge in [-0.3, -0.25) is 14.9 Å². The zero-order valence-electron chi connectivity index (χ0n) is 20.0. The van der Waals surface area contributed by atoms with Crippen LogP contribution in [-0.4, -0.2) is 42.0 Å². The molecule has 5 heteroatoms. The molecule has 0 rings (SSSR count). The van der Waals surface area contributed by atoms with Gasteiger partial charge in [-0.05, 0) is 65.2 Å². The lowest BCUT2D eigenvalue weighted by atomic mass is 9.84. The summed E-state index contributed by atoms with van der Waals surface area (Å²) >= 11 is 0. The lowest BCUT2D eigenvalue weighted by Crippen LogP contribution is -2.57. The van der Waals surface area contributed by atoms with Crippen LogP contribution in [0.25, 0.3) is 0 Å². The van der Waals surface area contributed by atoms with Gasteiger partial charge in [-0.2, -0.15) is 0 Å². The predicted molar refractivity (Wildman–Crippen MR) is 118 cm³/mol. The first-order valence-corrected chi connectivity index (χ1v) is 11.1. The number of ketones is 1. The minimum atomic E-state index is -0.662. The number of hydrogen-bond acceptors (Lipinski definition) is 4. The van der Waals surface area contributed by atoms with E-state index >= 15 is 0 Å². The summed E-state index contributed by atoms with van der Waals surface area (Å²) in [5.74, 6) is 0.0512. The monoisotopic (exact) mass is 398 g/mol. The molecule has 28 heavy (non-hydrogen) atoms. The van der Waals surface area contributed by atoms with Crippen LogP contribution in [0.4, 0.5) is 0 Å². The zero-order chi connectivity index (χ0) is 22.0. The van der Waals surface area contributed by atoms with Gasteiger partial charge >= 0.3 is 0 Å². The maximum Gasteiger partial charge on any atom is 0.237 e. The Morgan fingerprint density at radius 2 is 1.57 bits per heavy atom. The summed E-state index contributed by atoms with van der Waals surface area (Å²) < 4.78 is 6.01. The van der Waals surface area contributed by atoms with Crippen LogP contribution in [0, 0.1) is 5.41 Å². The Morgan fingerprint density at radius 1 is 0.964 bits per heavy atom. The number of ether oxygens (including phenoxy) is 1. The van der Waals surface area contributed by atoms with Gasteiger partial charge in [0.1, 0.15) is 5.78 Å². The van der Waals surface area contributed by atoms with Crippen LogP contribution in [0.2, 0.25) is 0 Å². The fourth-order valence-corrected chi connectivity index (χ4v) is 2.88.